The average Bonchev–Trinajstić information content (AvgIpc) is 3.38. The highest BCUT2D eigenvalue weighted by molar-refractivity contribution is 6.36. The number of likely N-dealkylation sites (tertiary alicyclic amines) is 1. The van der Waals surface area contributed by atoms with Gasteiger partial charge in [0.05, 0.1) is 6.61 Å². The van der Waals surface area contributed by atoms with Gasteiger partial charge in [0.2, 0.25) is 5.91 Å². The molecule has 1 saturated carbocycles. The second-order valence-electron chi connectivity index (χ2n) is 11.8. The average molecular weight is 615 g/mol. The van der Waals surface area contributed by atoms with E-state index in [2.05, 4.69) is 11.8 Å². The van der Waals surface area contributed by atoms with E-state index in [4.69, 9.17) is 27.9 Å². The second kappa shape index (κ2) is 14.1. The maximum absolute atomic E-state index is 13.2. The first-order chi connectivity index (χ1) is 20.4. The van der Waals surface area contributed by atoms with Crippen molar-refractivity contribution in [1.82, 2.24) is 14.7 Å². The molecular weight excluding hydrogens is 573 g/mol. The molecule has 1 unspecified atom stereocenters. The Balaban J connectivity index is 1.18. The van der Waals surface area contributed by atoms with E-state index in [1.165, 1.54) is 19.3 Å². The summed E-state index contributed by atoms with van der Waals surface area (Å²) in [6, 6.07) is 11.6. The fourth-order valence-corrected chi connectivity index (χ4v) is 7.04. The third-order valence-electron chi connectivity index (χ3n) is 8.97. The number of amides is 3. The minimum atomic E-state index is -0.306. The molecule has 2 aliphatic heterocycles. The third-order valence-corrected chi connectivity index (χ3v) is 9.65. The van der Waals surface area contributed by atoms with Crippen molar-refractivity contribution in [2.24, 2.45) is 5.92 Å². The Labute approximate surface area is 259 Å². The van der Waals surface area contributed by atoms with Gasteiger partial charge in [-0.25, -0.2) is 4.79 Å². The number of rotatable bonds is 8. The summed E-state index contributed by atoms with van der Waals surface area (Å²) in [4.78, 5) is 44.1. The van der Waals surface area contributed by atoms with Crippen LogP contribution in [0.2, 0.25) is 10.0 Å². The van der Waals surface area contributed by atoms with Crippen molar-refractivity contribution in [2.75, 3.05) is 39.3 Å². The highest BCUT2D eigenvalue weighted by Crippen LogP contribution is 2.36. The molecule has 2 saturated heterocycles. The van der Waals surface area contributed by atoms with E-state index in [1.807, 2.05) is 36.4 Å². The van der Waals surface area contributed by atoms with Gasteiger partial charge in [-0.3, -0.25) is 9.59 Å². The third kappa shape index (κ3) is 7.05. The first kappa shape index (κ1) is 30.7. The zero-order valence-electron chi connectivity index (χ0n) is 24.5. The SMILES string of the molecule is CCCCOC(=O)N1CCN(C(=O)c2ccc(-c3cc(Cl)c(CC4CCN(C5CCCCC5)C4=O)c(Cl)c3)cc2)CC1. The summed E-state index contributed by atoms with van der Waals surface area (Å²) in [5.74, 6) is 0.105. The molecule has 3 aliphatic rings. The van der Waals surface area contributed by atoms with Gasteiger partial charge in [0.1, 0.15) is 0 Å². The predicted molar refractivity (Wildman–Crippen MR) is 166 cm³/mol. The molecule has 5 rings (SSSR count). The van der Waals surface area contributed by atoms with Gasteiger partial charge in [-0.2, -0.15) is 0 Å². The van der Waals surface area contributed by atoms with Gasteiger partial charge < -0.3 is 19.4 Å². The van der Waals surface area contributed by atoms with Crippen molar-refractivity contribution in [1.29, 1.82) is 0 Å². The number of halogens is 2. The molecule has 3 fully saturated rings. The van der Waals surface area contributed by atoms with Crippen molar-refractivity contribution in [3.63, 3.8) is 0 Å². The highest BCUT2D eigenvalue weighted by atomic mass is 35.5. The maximum Gasteiger partial charge on any atom is 0.409 e. The lowest BCUT2D eigenvalue weighted by molar-refractivity contribution is -0.133. The van der Waals surface area contributed by atoms with E-state index in [-0.39, 0.29) is 23.8 Å². The summed E-state index contributed by atoms with van der Waals surface area (Å²) in [6.45, 7) is 5.17. The monoisotopic (exact) mass is 613 g/mol. The maximum atomic E-state index is 13.2. The minimum absolute atomic E-state index is 0.0598. The van der Waals surface area contributed by atoms with Gasteiger partial charge in [0, 0.05) is 60.3 Å². The molecule has 2 heterocycles. The van der Waals surface area contributed by atoms with Crippen LogP contribution in [-0.4, -0.2) is 78.0 Å². The number of piperazine rings is 1. The molecule has 7 nitrogen and oxygen atoms in total. The summed E-state index contributed by atoms with van der Waals surface area (Å²) < 4.78 is 5.29. The number of nitrogens with zero attached hydrogens (tertiary/aromatic N) is 3. The summed E-state index contributed by atoms with van der Waals surface area (Å²) in [7, 11) is 0. The van der Waals surface area contributed by atoms with E-state index >= 15 is 0 Å². The number of carbonyl (C=O) groups is 3. The molecule has 1 atom stereocenters. The predicted octanol–water partition coefficient (Wildman–Crippen LogP) is 7.08. The van der Waals surface area contributed by atoms with Gasteiger partial charge in [0.25, 0.3) is 5.91 Å². The molecule has 0 N–H and O–H groups in total. The first-order valence-corrected chi connectivity index (χ1v) is 16.2. The van der Waals surface area contributed by atoms with Crippen LogP contribution >= 0.6 is 23.2 Å². The molecule has 226 valence electrons. The van der Waals surface area contributed by atoms with Gasteiger partial charge in [-0.15, -0.1) is 0 Å². The second-order valence-corrected chi connectivity index (χ2v) is 12.6. The van der Waals surface area contributed by atoms with Gasteiger partial charge >= 0.3 is 6.09 Å². The van der Waals surface area contributed by atoms with Crippen LogP contribution in [0.25, 0.3) is 11.1 Å². The van der Waals surface area contributed by atoms with Crippen LogP contribution in [0.5, 0.6) is 0 Å². The standard InChI is InChI=1S/C33H41Cl2N3O4/c1-2-3-19-42-33(41)37-17-15-36(16-18-37)31(39)24-11-9-23(10-12-24)26-21-29(34)28(30(35)22-26)20-25-13-14-38(32(25)40)27-7-5-4-6-8-27/h9-12,21-22,25,27H,2-8,13-20H2,1H3. The summed E-state index contributed by atoms with van der Waals surface area (Å²) in [6.07, 6.45) is 8.84. The van der Waals surface area contributed by atoms with Crippen LogP contribution < -0.4 is 0 Å². The Bertz CT molecular complexity index is 1250. The highest BCUT2D eigenvalue weighted by Gasteiger charge is 2.36. The molecule has 1 aliphatic carbocycles. The molecule has 0 bridgehead atoms. The zero-order valence-corrected chi connectivity index (χ0v) is 26.0. The number of hydrogen-bond acceptors (Lipinski definition) is 4. The fourth-order valence-electron chi connectivity index (χ4n) is 6.39. The molecule has 42 heavy (non-hydrogen) atoms. The fraction of sp³-hybridized carbons (Fsp3) is 0.545. The van der Waals surface area contributed by atoms with Crippen LogP contribution in [0, 0.1) is 5.92 Å². The van der Waals surface area contributed by atoms with E-state index in [0.29, 0.717) is 60.9 Å². The van der Waals surface area contributed by atoms with Crippen molar-refractivity contribution in [3.8, 4) is 11.1 Å². The molecule has 0 aromatic heterocycles. The Hall–Kier alpha value is -2.77. The van der Waals surface area contributed by atoms with Crippen LogP contribution in [0.1, 0.15) is 74.2 Å². The molecule has 0 spiro atoms. The number of benzene rings is 2. The molecular formula is C33H41Cl2N3O4. The smallest absolute Gasteiger partial charge is 0.409 e. The quantitative estimate of drug-likeness (QED) is 0.298. The van der Waals surface area contributed by atoms with Crippen molar-refractivity contribution in [3.05, 3.63) is 57.6 Å². The van der Waals surface area contributed by atoms with Crippen LogP contribution in [0.4, 0.5) is 4.79 Å². The first-order valence-electron chi connectivity index (χ1n) is 15.5. The topological polar surface area (TPSA) is 70.2 Å². The number of unbranched alkanes of at least 4 members (excludes halogenated alkanes) is 1. The summed E-state index contributed by atoms with van der Waals surface area (Å²) in [5, 5.41) is 1.13. The largest absolute Gasteiger partial charge is 0.449 e. The Kier molecular flexibility index (Phi) is 10.3. The van der Waals surface area contributed by atoms with Crippen molar-refractivity contribution >= 4 is 41.1 Å². The van der Waals surface area contributed by atoms with Gasteiger partial charge in [-0.05, 0) is 73.1 Å². The number of hydrogen-bond donors (Lipinski definition) is 0. The van der Waals surface area contributed by atoms with Crippen LogP contribution in [0.3, 0.4) is 0 Å². The van der Waals surface area contributed by atoms with E-state index in [1.54, 1.807) is 9.80 Å². The van der Waals surface area contributed by atoms with Gasteiger partial charge in [-0.1, -0.05) is 67.9 Å². The zero-order chi connectivity index (χ0) is 29.6. The van der Waals surface area contributed by atoms with Crippen molar-refractivity contribution < 1.29 is 19.1 Å². The number of carbonyl (C=O) groups excluding carboxylic acids is 3. The van der Waals surface area contributed by atoms with Crippen LogP contribution in [0.15, 0.2) is 36.4 Å². The van der Waals surface area contributed by atoms with E-state index < -0.39 is 0 Å². The molecule has 2 aromatic carbocycles. The summed E-state index contributed by atoms with van der Waals surface area (Å²) >= 11 is 13.5. The van der Waals surface area contributed by atoms with E-state index in [0.717, 1.165) is 55.3 Å². The van der Waals surface area contributed by atoms with Gasteiger partial charge in [0.15, 0.2) is 0 Å². The summed E-state index contributed by atoms with van der Waals surface area (Å²) in [5.41, 5.74) is 3.19. The Morgan fingerprint density at radius 2 is 1.50 bits per heavy atom. The lowest BCUT2D eigenvalue weighted by atomic mass is 9.93. The van der Waals surface area contributed by atoms with Crippen molar-refractivity contribution in [2.45, 2.75) is 70.8 Å². The van der Waals surface area contributed by atoms with E-state index in [9.17, 15) is 14.4 Å². The molecule has 9 heteroatoms. The lowest BCUT2D eigenvalue weighted by Crippen LogP contribution is -2.50. The van der Waals surface area contributed by atoms with Crippen LogP contribution in [-0.2, 0) is 16.0 Å². The lowest BCUT2D eigenvalue weighted by Gasteiger charge is -2.34. The molecule has 2 aromatic rings. The minimum Gasteiger partial charge on any atom is -0.449 e. The molecule has 0 radical (unpaired) electrons. The Morgan fingerprint density at radius 1 is 0.857 bits per heavy atom. The number of ether oxygens (including phenoxy) is 1. The molecule has 3 amide bonds. The normalized spacial score (nSPS) is 19.8. The Morgan fingerprint density at radius 3 is 2.14 bits per heavy atom.